The molecule has 2 aliphatic heterocycles. The van der Waals surface area contributed by atoms with Crippen molar-refractivity contribution in [2.24, 2.45) is 50.7 Å². The summed E-state index contributed by atoms with van der Waals surface area (Å²) in [4.78, 5) is 0. The van der Waals surface area contributed by atoms with Crippen LogP contribution in [0.25, 0.3) is 0 Å². The maximum atomic E-state index is 12.1. The Morgan fingerprint density at radius 1 is 0.850 bits per heavy atom. The Morgan fingerprint density at radius 2 is 1.60 bits per heavy atom. The van der Waals surface area contributed by atoms with E-state index in [2.05, 4.69) is 34.6 Å². The smallest absolute Gasteiger partial charge is 0.186 e. The molecule has 0 amide bonds. The van der Waals surface area contributed by atoms with Crippen LogP contribution in [0.3, 0.4) is 0 Å². The minimum absolute atomic E-state index is 0.0659. The molecular formula is C32H52O8. The monoisotopic (exact) mass is 564 g/mol. The van der Waals surface area contributed by atoms with E-state index in [0.29, 0.717) is 17.8 Å². The summed E-state index contributed by atoms with van der Waals surface area (Å²) in [5, 5.41) is 42.7. The quantitative estimate of drug-likeness (QED) is 0.386. The molecule has 2 saturated heterocycles. The first-order valence-electron chi connectivity index (χ1n) is 15.9. The van der Waals surface area contributed by atoms with E-state index in [4.69, 9.17) is 18.9 Å². The fourth-order valence-corrected chi connectivity index (χ4v) is 12.8. The summed E-state index contributed by atoms with van der Waals surface area (Å²) in [7, 11) is 1.76. The Kier molecular flexibility index (Phi) is 6.31. The highest BCUT2D eigenvalue weighted by Gasteiger charge is 2.84. The van der Waals surface area contributed by atoms with Gasteiger partial charge >= 0.3 is 0 Å². The van der Waals surface area contributed by atoms with Crippen molar-refractivity contribution < 1.29 is 39.4 Å². The minimum Gasteiger partial charge on any atom is -0.393 e. The summed E-state index contributed by atoms with van der Waals surface area (Å²) >= 11 is 0. The van der Waals surface area contributed by atoms with E-state index in [-0.39, 0.29) is 58.1 Å². The Balaban J connectivity index is 1.16. The third-order valence-electron chi connectivity index (χ3n) is 14.6. The molecule has 0 aromatic rings. The molecule has 5 saturated carbocycles. The number of methoxy groups -OCH3 is 1. The van der Waals surface area contributed by atoms with Crippen LogP contribution in [-0.4, -0.2) is 83.3 Å². The van der Waals surface area contributed by atoms with Gasteiger partial charge < -0.3 is 39.4 Å². The molecule has 7 aliphatic rings. The van der Waals surface area contributed by atoms with Gasteiger partial charge in [-0.15, -0.1) is 0 Å². The molecule has 40 heavy (non-hydrogen) atoms. The Morgan fingerprint density at radius 3 is 2.33 bits per heavy atom. The highest BCUT2D eigenvalue weighted by atomic mass is 16.7. The average molecular weight is 565 g/mol. The third kappa shape index (κ3) is 3.37. The zero-order valence-corrected chi connectivity index (χ0v) is 25.2. The zero-order valence-electron chi connectivity index (χ0n) is 25.2. The number of fused-ring (bicyclic) bond motifs is 4. The van der Waals surface area contributed by atoms with Crippen LogP contribution in [0, 0.1) is 50.7 Å². The fraction of sp³-hybridized carbons (Fsp3) is 1.00. The number of rotatable bonds is 3. The SMILES string of the molecule is CO[C@H]1C[C@@H](C)[C@H]2[C@H](C[C@@]3(C)[C@@H]4C[C@H](O)[C@H]5C(C)(C)[C@@H](O[C@@H]6OC[C@@H](O)[C@H](O)[C@H]6O)CC[C@@]56C[C@@]46CC[C@]23C)O1. The molecule has 0 aromatic heterocycles. The van der Waals surface area contributed by atoms with Gasteiger partial charge in [-0.2, -0.15) is 0 Å². The van der Waals surface area contributed by atoms with E-state index in [1.807, 2.05) is 0 Å². The van der Waals surface area contributed by atoms with Crippen LogP contribution in [0.5, 0.6) is 0 Å². The van der Waals surface area contributed by atoms with Crippen LogP contribution < -0.4 is 0 Å². The first-order chi connectivity index (χ1) is 18.8. The molecule has 8 nitrogen and oxygen atoms in total. The van der Waals surface area contributed by atoms with E-state index in [1.54, 1.807) is 7.11 Å². The van der Waals surface area contributed by atoms with Crippen LogP contribution >= 0.6 is 0 Å². The molecule has 0 aromatic carbocycles. The van der Waals surface area contributed by atoms with E-state index >= 15 is 0 Å². The summed E-state index contributed by atoms with van der Waals surface area (Å²) in [5.41, 5.74) is 0.343. The number of aliphatic hydroxyl groups excluding tert-OH is 4. The molecule has 0 radical (unpaired) electrons. The van der Waals surface area contributed by atoms with Gasteiger partial charge in [0.05, 0.1) is 24.9 Å². The van der Waals surface area contributed by atoms with Crippen molar-refractivity contribution in [3.63, 3.8) is 0 Å². The van der Waals surface area contributed by atoms with Gasteiger partial charge in [0.25, 0.3) is 0 Å². The Bertz CT molecular complexity index is 1020. The highest BCUT2D eigenvalue weighted by molar-refractivity contribution is 5.32. The van der Waals surface area contributed by atoms with Crippen LogP contribution in [0.1, 0.15) is 86.0 Å². The summed E-state index contributed by atoms with van der Waals surface area (Å²) in [5.74, 6) is 1.67. The predicted molar refractivity (Wildman–Crippen MR) is 146 cm³/mol. The van der Waals surface area contributed by atoms with E-state index < -0.39 is 30.7 Å². The Hall–Kier alpha value is -0.320. The second kappa shape index (κ2) is 8.87. The number of ether oxygens (including phenoxy) is 4. The van der Waals surface area contributed by atoms with Crippen molar-refractivity contribution >= 4 is 0 Å². The lowest BCUT2D eigenvalue weighted by atomic mass is 9.41. The lowest BCUT2D eigenvalue weighted by Gasteiger charge is -2.64. The second-order valence-corrected chi connectivity index (χ2v) is 16.2. The molecule has 0 unspecified atom stereocenters. The standard InChI is InChI=1S/C32H52O8/c1-16-11-22(37-6)39-19-13-30(5)20-12-17(33)26-28(2,3)21(40-27-25(36)24(35)18(34)14-38-27)7-8-32(26)15-31(20,32)10-9-29(30,4)23(16)19/h16-27,33-36H,7-15H2,1-6H3/t16-,17+,18-,19+,20+,21+,22-,23+,24+,25-,26+,27+,29-,30+,31+,32-/m1/s1. The normalized spacial score (nSPS) is 62.0. The molecular weight excluding hydrogens is 512 g/mol. The molecule has 7 rings (SSSR count). The topological polar surface area (TPSA) is 118 Å². The molecule has 0 bridgehead atoms. The fourth-order valence-electron chi connectivity index (χ4n) is 12.8. The maximum absolute atomic E-state index is 12.1. The average Bonchev–Trinajstić information content (AvgIpc) is 3.47. The van der Waals surface area contributed by atoms with Crippen molar-refractivity contribution in [3.8, 4) is 0 Å². The van der Waals surface area contributed by atoms with E-state index in [9.17, 15) is 20.4 Å². The summed E-state index contributed by atoms with van der Waals surface area (Å²) in [6.45, 7) is 11.9. The van der Waals surface area contributed by atoms with Crippen molar-refractivity contribution in [2.75, 3.05) is 13.7 Å². The molecule has 228 valence electrons. The molecule has 16 atom stereocenters. The van der Waals surface area contributed by atoms with Crippen LogP contribution in [0.4, 0.5) is 0 Å². The lowest BCUT2D eigenvalue weighted by Crippen LogP contribution is -2.63. The molecule has 5 aliphatic carbocycles. The van der Waals surface area contributed by atoms with Gasteiger partial charge in [0.15, 0.2) is 12.6 Å². The predicted octanol–water partition coefficient (Wildman–Crippen LogP) is 3.23. The molecule has 8 heteroatoms. The molecule has 7 fully saturated rings. The van der Waals surface area contributed by atoms with Gasteiger partial charge in [-0.25, -0.2) is 0 Å². The van der Waals surface area contributed by atoms with Crippen LogP contribution in [0.2, 0.25) is 0 Å². The molecule has 2 heterocycles. The van der Waals surface area contributed by atoms with Crippen molar-refractivity contribution in [1.29, 1.82) is 0 Å². The minimum atomic E-state index is -1.30. The van der Waals surface area contributed by atoms with Crippen molar-refractivity contribution in [2.45, 2.75) is 135 Å². The highest BCUT2D eigenvalue weighted by Crippen LogP contribution is 2.89. The van der Waals surface area contributed by atoms with Crippen LogP contribution in [-0.2, 0) is 18.9 Å². The van der Waals surface area contributed by atoms with Gasteiger partial charge in [-0.05, 0) is 95.7 Å². The maximum Gasteiger partial charge on any atom is 0.186 e. The zero-order chi connectivity index (χ0) is 28.6. The third-order valence-corrected chi connectivity index (χ3v) is 14.6. The number of hydrogen-bond donors (Lipinski definition) is 4. The summed E-state index contributed by atoms with van der Waals surface area (Å²) in [6.07, 6.45) is 3.11. The second-order valence-electron chi connectivity index (χ2n) is 16.2. The van der Waals surface area contributed by atoms with Crippen molar-refractivity contribution in [3.05, 3.63) is 0 Å². The first-order valence-corrected chi connectivity index (χ1v) is 15.9. The largest absolute Gasteiger partial charge is 0.393 e. The number of hydrogen-bond acceptors (Lipinski definition) is 8. The molecule has 4 N–H and O–H groups in total. The summed E-state index contributed by atoms with van der Waals surface area (Å²) < 4.78 is 24.3. The van der Waals surface area contributed by atoms with E-state index in [0.717, 1.165) is 32.1 Å². The van der Waals surface area contributed by atoms with Crippen molar-refractivity contribution in [1.82, 2.24) is 0 Å². The van der Waals surface area contributed by atoms with Gasteiger partial charge in [-0.1, -0.05) is 34.6 Å². The van der Waals surface area contributed by atoms with E-state index in [1.165, 1.54) is 19.3 Å². The first kappa shape index (κ1) is 28.5. The van der Waals surface area contributed by atoms with Gasteiger partial charge in [0.1, 0.15) is 18.3 Å². The summed E-state index contributed by atoms with van der Waals surface area (Å²) in [6, 6.07) is 0. The Labute approximate surface area is 239 Å². The number of aliphatic hydroxyl groups is 4. The van der Waals surface area contributed by atoms with Crippen LogP contribution in [0.15, 0.2) is 0 Å². The lowest BCUT2D eigenvalue weighted by molar-refractivity contribution is -0.306. The van der Waals surface area contributed by atoms with Gasteiger partial charge in [-0.3, -0.25) is 0 Å². The van der Waals surface area contributed by atoms with Gasteiger partial charge in [0, 0.05) is 13.5 Å². The molecule has 2 spiro atoms. The van der Waals surface area contributed by atoms with Gasteiger partial charge in [0.2, 0.25) is 0 Å².